The molecule has 0 aliphatic rings. The number of esters is 1. The number of carboxylic acid groups (broad SMARTS) is 1. The third-order valence-corrected chi connectivity index (χ3v) is 2.98. The van der Waals surface area contributed by atoms with E-state index < -0.39 is 42.5 Å². The summed E-state index contributed by atoms with van der Waals surface area (Å²) in [5, 5.41) is 11.1. The van der Waals surface area contributed by atoms with Gasteiger partial charge >= 0.3 is 11.9 Å². The summed E-state index contributed by atoms with van der Waals surface area (Å²) >= 11 is 5.77. The first-order valence-corrected chi connectivity index (χ1v) is 6.24. The second-order valence-electron chi connectivity index (χ2n) is 4.12. The molecule has 0 unspecified atom stereocenters. The van der Waals surface area contributed by atoms with Crippen LogP contribution in [0.3, 0.4) is 0 Å². The van der Waals surface area contributed by atoms with Crippen molar-refractivity contribution in [3.05, 3.63) is 34.6 Å². The minimum absolute atomic E-state index is 0.0427. The van der Waals surface area contributed by atoms with E-state index in [9.17, 15) is 18.8 Å². The average molecular weight is 318 g/mol. The van der Waals surface area contributed by atoms with Crippen LogP contribution in [0.1, 0.15) is 12.0 Å². The number of hydrogen-bond acceptors (Lipinski definition) is 4. The van der Waals surface area contributed by atoms with Gasteiger partial charge in [0.15, 0.2) is 0 Å². The maximum Gasteiger partial charge on any atom is 0.326 e. The molecule has 0 saturated heterocycles. The molecule has 114 valence electrons. The number of aliphatic carboxylic acids is 1. The Balaban J connectivity index is 2.74. The largest absolute Gasteiger partial charge is 0.480 e. The molecule has 0 aromatic heterocycles. The smallest absolute Gasteiger partial charge is 0.326 e. The number of hydrogen-bond donors (Lipinski definition) is 2. The molecule has 6 nitrogen and oxygen atoms in total. The average Bonchev–Trinajstić information content (AvgIpc) is 2.42. The molecule has 1 atom stereocenters. The van der Waals surface area contributed by atoms with E-state index in [4.69, 9.17) is 16.7 Å². The Bertz CT molecular complexity index is 543. The van der Waals surface area contributed by atoms with Crippen molar-refractivity contribution < 1.29 is 28.6 Å². The number of methoxy groups -OCH3 is 1. The second-order valence-corrected chi connectivity index (χ2v) is 4.52. The molecular formula is C13H13ClFNO5. The van der Waals surface area contributed by atoms with E-state index in [1.54, 1.807) is 0 Å². The molecule has 1 aromatic rings. The number of rotatable bonds is 6. The summed E-state index contributed by atoms with van der Waals surface area (Å²) < 4.78 is 17.9. The fourth-order valence-electron chi connectivity index (χ4n) is 1.56. The van der Waals surface area contributed by atoms with Gasteiger partial charge in [0.05, 0.1) is 20.0 Å². The zero-order chi connectivity index (χ0) is 16.0. The molecule has 1 aromatic carbocycles. The summed E-state index contributed by atoms with van der Waals surface area (Å²) in [5.41, 5.74) is -0.0427. The summed E-state index contributed by atoms with van der Waals surface area (Å²) in [4.78, 5) is 33.8. The summed E-state index contributed by atoms with van der Waals surface area (Å²) in [5.74, 6) is -3.61. The molecule has 1 rings (SSSR count). The number of carbonyl (C=O) groups excluding carboxylic acids is 2. The Morgan fingerprint density at radius 1 is 1.43 bits per heavy atom. The van der Waals surface area contributed by atoms with Crippen LogP contribution in [0.25, 0.3) is 0 Å². The van der Waals surface area contributed by atoms with Crippen LogP contribution in [0.2, 0.25) is 5.02 Å². The Hall–Kier alpha value is -2.15. The molecule has 0 heterocycles. The van der Waals surface area contributed by atoms with E-state index in [1.165, 1.54) is 12.1 Å². The predicted molar refractivity (Wildman–Crippen MR) is 71.3 cm³/mol. The van der Waals surface area contributed by atoms with Crippen molar-refractivity contribution in [3.63, 3.8) is 0 Å². The minimum Gasteiger partial charge on any atom is -0.480 e. The van der Waals surface area contributed by atoms with Crippen LogP contribution < -0.4 is 5.32 Å². The molecule has 0 saturated carbocycles. The highest BCUT2D eigenvalue weighted by molar-refractivity contribution is 6.31. The second kappa shape index (κ2) is 7.58. The molecule has 0 radical (unpaired) electrons. The lowest BCUT2D eigenvalue weighted by atomic mass is 10.1. The van der Waals surface area contributed by atoms with Gasteiger partial charge in [0.25, 0.3) is 0 Å². The monoisotopic (exact) mass is 317 g/mol. The number of halogens is 2. The number of ether oxygens (including phenoxy) is 1. The van der Waals surface area contributed by atoms with Gasteiger partial charge < -0.3 is 15.2 Å². The zero-order valence-corrected chi connectivity index (χ0v) is 11.8. The van der Waals surface area contributed by atoms with E-state index in [2.05, 4.69) is 10.1 Å². The Labute approximate surface area is 124 Å². The third-order valence-electron chi connectivity index (χ3n) is 2.63. The van der Waals surface area contributed by atoms with Crippen molar-refractivity contribution in [1.82, 2.24) is 5.32 Å². The van der Waals surface area contributed by atoms with E-state index in [0.717, 1.165) is 13.2 Å². The highest BCUT2D eigenvalue weighted by atomic mass is 35.5. The summed E-state index contributed by atoms with van der Waals surface area (Å²) in [6.45, 7) is 0. The molecule has 0 aliphatic carbocycles. The highest BCUT2D eigenvalue weighted by Gasteiger charge is 2.24. The van der Waals surface area contributed by atoms with Gasteiger partial charge in [0.1, 0.15) is 11.9 Å². The number of amides is 1. The lowest BCUT2D eigenvalue weighted by molar-refractivity contribution is -0.148. The minimum atomic E-state index is -1.45. The van der Waals surface area contributed by atoms with E-state index >= 15 is 0 Å². The molecule has 1 amide bonds. The summed E-state index contributed by atoms with van der Waals surface area (Å²) in [6.07, 6.45) is -0.959. The van der Waals surface area contributed by atoms with Gasteiger partial charge in [-0.25, -0.2) is 9.18 Å². The lowest BCUT2D eigenvalue weighted by Gasteiger charge is -2.14. The van der Waals surface area contributed by atoms with Crippen LogP contribution in [0.4, 0.5) is 4.39 Å². The fourth-order valence-corrected chi connectivity index (χ4v) is 1.79. The van der Waals surface area contributed by atoms with Crippen LogP contribution in [0, 0.1) is 5.82 Å². The number of benzene rings is 1. The standard InChI is InChI=1S/C13H13ClFNO5/c1-21-12(18)6-10(13(19)20)16-11(17)5-7-8(14)3-2-4-9(7)15/h2-4,10H,5-6H2,1H3,(H,16,17)(H,19,20)/t10-/m0/s1. The molecule has 2 N–H and O–H groups in total. The number of carboxylic acids is 1. The van der Waals surface area contributed by atoms with Gasteiger partial charge in [-0.15, -0.1) is 0 Å². The van der Waals surface area contributed by atoms with Crippen LogP contribution >= 0.6 is 11.6 Å². The maximum atomic E-state index is 13.5. The Morgan fingerprint density at radius 2 is 2.10 bits per heavy atom. The zero-order valence-electron chi connectivity index (χ0n) is 11.1. The van der Waals surface area contributed by atoms with E-state index in [1.807, 2.05) is 0 Å². The van der Waals surface area contributed by atoms with Gasteiger partial charge in [-0.1, -0.05) is 17.7 Å². The normalized spacial score (nSPS) is 11.6. The van der Waals surface area contributed by atoms with Crippen molar-refractivity contribution in [1.29, 1.82) is 0 Å². The van der Waals surface area contributed by atoms with E-state index in [-0.39, 0.29) is 10.6 Å². The first kappa shape index (κ1) is 16.9. The van der Waals surface area contributed by atoms with E-state index in [0.29, 0.717) is 0 Å². The van der Waals surface area contributed by atoms with Crippen molar-refractivity contribution in [2.45, 2.75) is 18.9 Å². The first-order valence-electron chi connectivity index (χ1n) is 5.87. The summed E-state index contributed by atoms with van der Waals surface area (Å²) in [6, 6.07) is 2.49. The molecule has 0 bridgehead atoms. The van der Waals surface area contributed by atoms with Gasteiger partial charge in [-0.2, -0.15) is 0 Å². The van der Waals surface area contributed by atoms with Crippen LogP contribution in [-0.4, -0.2) is 36.1 Å². The highest BCUT2D eigenvalue weighted by Crippen LogP contribution is 2.19. The molecular weight excluding hydrogens is 305 g/mol. The number of nitrogens with one attached hydrogen (secondary N) is 1. The molecule has 0 aliphatic heterocycles. The quantitative estimate of drug-likeness (QED) is 0.768. The van der Waals surface area contributed by atoms with Crippen molar-refractivity contribution in [3.8, 4) is 0 Å². The van der Waals surface area contributed by atoms with Gasteiger partial charge in [0.2, 0.25) is 5.91 Å². The van der Waals surface area contributed by atoms with Crippen LogP contribution in [-0.2, 0) is 25.5 Å². The number of carbonyl (C=O) groups is 3. The van der Waals surface area contributed by atoms with Crippen LogP contribution in [0.5, 0.6) is 0 Å². The third kappa shape index (κ3) is 5.03. The van der Waals surface area contributed by atoms with Gasteiger partial charge in [-0.05, 0) is 12.1 Å². The first-order chi connectivity index (χ1) is 9.85. The van der Waals surface area contributed by atoms with Crippen molar-refractivity contribution >= 4 is 29.4 Å². The summed E-state index contributed by atoms with van der Waals surface area (Å²) in [7, 11) is 1.10. The Kier molecular flexibility index (Phi) is 6.10. The SMILES string of the molecule is COC(=O)C[C@H](NC(=O)Cc1c(F)cccc1Cl)C(=O)O. The van der Waals surface area contributed by atoms with Gasteiger partial charge in [-0.3, -0.25) is 9.59 Å². The van der Waals surface area contributed by atoms with Gasteiger partial charge in [0, 0.05) is 10.6 Å². The lowest BCUT2D eigenvalue weighted by Crippen LogP contribution is -2.43. The predicted octanol–water partition coefficient (Wildman–Crippen LogP) is 1.15. The topological polar surface area (TPSA) is 92.7 Å². The molecule has 21 heavy (non-hydrogen) atoms. The maximum absolute atomic E-state index is 13.5. The molecule has 0 spiro atoms. The van der Waals surface area contributed by atoms with Crippen LogP contribution in [0.15, 0.2) is 18.2 Å². The van der Waals surface area contributed by atoms with Crippen molar-refractivity contribution in [2.24, 2.45) is 0 Å². The fraction of sp³-hybridized carbons (Fsp3) is 0.308. The van der Waals surface area contributed by atoms with Crippen molar-refractivity contribution in [2.75, 3.05) is 7.11 Å². The molecule has 0 fully saturated rings. The Morgan fingerprint density at radius 3 is 2.62 bits per heavy atom. The molecule has 8 heteroatoms.